The van der Waals surface area contributed by atoms with Crippen LogP contribution in [-0.4, -0.2) is 13.9 Å². The fourth-order valence-corrected chi connectivity index (χ4v) is 2.72. The fourth-order valence-electron chi connectivity index (χ4n) is 1.96. The first-order valence-electron chi connectivity index (χ1n) is 5.56. The van der Waals surface area contributed by atoms with Crippen LogP contribution in [0.5, 0.6) is 17.2 Å². The van der Waals surface area contributed by atoms with Gasteiger partial charge in [0.05, 0.1) is 13.2 Å². The fraction of sp³-hybridized carbons (Fsp3) is 0.231. The van der Waals surface area contributed by atoms with E-state index in [0.29, 0.717) is 17.2 Å². The van der Waals surface area contributed by atoms with Gasteiger partial charge in [-0.25, -0.2) is 0 Å². The van der Waals surface area contributed by atoms with E-state index in [1.165, 1.54) is 0 Å². The van der Waals surface area contributed by atoms with E-state index in [9.17, 15) is 0 Å². The summed E-state index contributed by atoms with van der Waals surface area (Å²) >= 11 is 1.63. The van der Waals surface area contributed by atoms with Gasteiger partial charge in [0.2, 0.25) is 12.5 Å². The molecule has 0 spiro atoms. The summed E-state index contributed by atoms with van der Waals surface area (Å²) in [5, 5.41) is 2.01. The van der Waals surface area contributed by atoms with E-state index in [2.05, 4.69) is 0 Å². The lowest BCUT2D eigenvalue weighted by molar-refractivity contribution is 0.171. The van der Waals surface area contributed by atoms with Crippen molar-refractivity contribution in [3.63, 3.8) is 0 Å². The highest BCUT2D eigenvalue weighted by Crippen LogP contribution is 2.43. The number of ether oxygens (including phenoxy) is 3. The predicted octanol–water partition coefficient (Wildman–Crippen LogP) is 2.96. The molecule has 3 rings (SSSR count). The van der Waals surface area contributed by atoms with Crippen molar-refractivity contribution in [1.29, 1.82) is 0 Å². The Kier molecular flexibility index (Phi) is 4.19. The second kappa shape index (κ2) is 5.69. The number of hydrogen-bond acceptors (Lipinski definition) is 5. The first-order chi connectivity index (χ1) is 8.79. The number of nitrogens with two attached hydrogens (primary N) is 1. The van der Waals surface area contributed by atoms with Crippen LogP contribution in [0.1, 0.15) is 16.5 Å². The molecule has 6 heteroatoms. The quantitative estimate of drug-likeness (QED) is 0.947. The molecule has 0 saturated carbocycles. The highest BCUT2D eigenvalue weighted by Gasteiger charge is 2.22. The molecular weight excluding hydrogens is 286 g/mol. The molecule has 2 N–H and O–H groups in total. The lowest BCUT2D eigenvalue weighted by atomic mass is 10.0. The van der Waals surface area contributed by atoms with Crippen molar-refractivity contribution in [3.05, 3.63) is 40.1 Å². The van der Waals surface area contributed by atoms with Gasteiger partial charge in [0.1, 0.15) is 0 Å². The third-order valence-corrected chi connectivity index (χ3v) is 3.84. The van der Waals surface area contributed by atoms with Crippen LogP contribution < -0.4 is 19.9 Å². The standard InChI is InChI=1S/C13H13NO3S.ClH/c1-15-9-5-8(6-10-13(9)17-7-16-10)12(14)11-3-2-4-18-11;/h2-6,12H,7,14H2,1H3;1H/t12-;/m1./s1. The minimum absolute atomic E-state index is 0. The van der Waals surface area contributed by atoms with Crippen molar-refractivity contribution in [2.24, 2.45) is 5.73 Å². The average molecular weight is 300 g/mol. The smallest absolute Gasteiger partial charge is 0.231 e. The molecule has 4 nitrogen and oxygen atoms in total. The second-order valence-electron chi connectivity index (χ2n) is 3.95. The zero-order valence-corrected chi connectivity index (χ0v) is 11.9. The largest absolute Gasteiger partial charge is 0.493 e. The van der Waals surface area contributed by atoms with E-state index in [0.717, 1.165) is 10.4 Å². The molecule has 0 radical (unpaired) electrons. The summed E-state index contributed by atoms with van der Waals surface area (Å²) in [5.41, 5.74) is 7.19. The maximum atomic E-state index is 6.24. The van der Waals surface area contributed by atoms with Gasteiger partial charge in [-0.3, -0.25) is 0 Å². The Morgan fingerprint density at radius 1 is 1.37 bits per heavy atom. The Hall–Kier alpha value is -1.43. The maximum absolute atomic E-state index is 6.24. The Balaban J connectivity index is 0.00000133. The number of benzene rings is 1. The van der Waals surface area contributed by atoms with Gasteiger partial charge < -0.3 is 19.9 Å². The summed E-state index contributed by atoms with van der Waals surface area (Å²) in [5.74, 6) is 2.00. The monoisotopic (exact) mass is 299 g/mol. The van der Waals surface area contributed by atoms with Crippen LogP contribution in [0.3, 0.4) is 0 Å². The molecule has 0 fully saturated rings. The van der Waals surface area contributed by atoms with Gasteiger partial charge in [-0.1, -0.05) is 6.07 Å². The van der Waals surface area contributed by atoms with Crippen LogP contribution in [0, 0.1) is 0 Å². The molecule has 19 heavy (non-hydrogen) atoms. The molecule has 1 aromatic carbocycles. The zero-order chi connectivity index (χ0) is 12.5. The van der Waals surface area contributed by atoms with Crippen molar-refractivity contribution in [3.8, 4) is 17.2 Å². The van der Waals surface area contributed by atoms with Crippen molar-refractivity contribution in [2.75, 3.05) is 13.9 Å². The van der Waals surface area contributed by atoms with Gasteiger partial charge in [-0.05, 0) is 29.1 Å². The Bertz CT molecular complexity index is 559. The third-order valence-electron chi connectivity index (χ3n) is 2.89. The topological polar surface area (TPSA) is 53.7 Å². The summed E-state index contributed by atoms with van der Waals surface area (Å²) in [6.07, 6.45) is 0. The van der Waals surface area contributed by atoms with Gasteiger partial charge in [0.25, 0.3) is 0 Å². The van der Waals surface area contributed by atoms with Crippen molar-refractivity contribution in [1.82, 2.24) is 0 Å². The van der Waals surface area contributed by atoms with Gasteiger partial charge >= 0.3 is 0 Å². The maximum Gasteiger partial charge on any atom is 0.231 e. The predicted molar refractivity (Wildman–Crippen MR) is 76.7 cm³/mol. The van der Waals surface area contributed by atoms with Crippen LogP contribution in [0.2, 0.25) is 0 Å². The second-order valence-corrected chi connectivity index (χ2v) is 4.93. The number of rotatable bonds is 3. The number of hydrogen-bond donors (Lipinski definition) is 1. The van der Waals surface area contributed by atoms with Gasteiger partial charge in [-0.15, -0.1) is 23.7 Å². The molecule has 1 atom stereocenters. The molecule has 1 aliphatic rings. The summed E-state index contributed by atoms with van der Waals surface area (Å²) in [7, 11) is 1.61. The summed E-state index contributed by atoms with van der Waals surface area (Å²) in [4.78, 5) is 1.11. The zero-order valence-electron chi connectivity index (χ0n) is 10.3. The van der Waals surface area contributed by atoms with Crippen LogP contribution in [0.25, 0.3) is 0 Å². The number of halogens is 1. The van der Waals surface area contributed by atoms with E-state index in [4.69, 9.17) is 19.9 Å². The number of fused-ring (bicyclic) bond motifs is 1. The summed E-state index contributed by atoms with van der Waals surface area (Å²) < 4.78 is 16.1. The molecule has 102 valence electrons. The van der Waals surface area contributed by atoms with Gasteiger partial charge in [-0.2, -0.15) is 0 Å². The highest BCUT2D eigenvalue weighted by molar-refractivity contribution is 7.10. The highest BCUT2D eigenvalue weighted by atomic mass is 35.5. The SMILES string of the molecule is COc1cc([C@@H](N)c2cccs2)cc2c1OCO2.Cl. The van der Waals surface area contributed by atoms with E-state index in [-0.39, 0.29) is 25.2 Å². The Morgan fingerprint density at radius 3 is 2.89 bits per heavy atom. The molecule has 0 bridgehead atoms. The lowest BCUT2D eigenvalue weighted by Crippen LogP contribution is -2.10. The minimum atomic E-state index is -0.173. The van der Waals surface area contributed by atoms with Crippen molar-refractivity contribution >= 4 is 23.7 Å². The molecule has 1 aliphatic heterocycles. The third kappa shape index (κ3) is 2.49. The lowest BCUT2D eigenvalue weighted by Gasteiger charge is -2.13. The summed E-state index contributed by atoms with van der Waals surface area (Å²) in [6.45, 7) is 0.226. The average Bonchev–Trinajstić information content (AvgIpc) is 3.07. The van der Waals surface area contributed by atoms with Crippen LogP contribution in [-0.2, 0) is 0 Å². The normalized spacial score (nSPS) is 13.8. The minimum Gasteiger partial charge on any atom is -0.493 e. The van der Waals surface area contributed by atoms with E-state index in [1.807, 2.05) is 29.6 Å². The van der Waals surface area contributed by atoms with Crippen LogP contribution in [0.4, 0.5) is 0 Å². The molecule has 0 unspecified atom stereocenters. The summed E-state index contributed by atoms with van der Waals surface area (Å²) in [6, 6.07) is 7.65. The van der Waals surface area contributed by atoms with E-state index in [1.54, 1.807) is 18.4 Å². The van der Waals surface area contributed by atoms with E-state index >= 15 is 0 Å². The van der Waals surface area contributed by atoms with E-state index < -0.39 is 0 Å². The van der Waals surface area contributed by atoms with Gasteiger partial charge in [0, 0.05) is 4.88 Å². The molecule has 1 aromatic heterocycles. The van der Waals surface area contributed by atoms with Crippen LogP contribution >= 0.6 is 23.7 Å². The number of thiophene rings is 1. The van der Waals surface area contributed by atoms with Gasteiger partial charge in [0.15, 0.2) is 11.5 Å². The van der Waals surface area contributed by atoms with Crippen molar-refractivity contribution < 1.29 is 14.2 Å². The van der Waals surface area contributed by atoms with Crippen molar-refractivity contribution in [2.45, 2.75) is 6.04 Å². The number of methoxy groups -OCH3 is 1. The first-order valence-corrected chi connectivity index (χ1v) is 6.44. The Labute approximate surface area is 121 Å². The molecule has 0 aliphatic carbocycles. The molecule has 0 saturated heterocycles. The molecule has 0 amide bonds. The first kappa shape index (κ1) is 14.0. The van der Waals surface area contributed by atoms with Crippen LogP contribution in [0.15, 0.2) is 29.6 Å². The molecule has 2 heterocycles. The molecule has 2 aromatic rings. The Morgan fingerprint density at radius 2 is 2.21 bits per heavy atom. The molecular formula is C13H14ClNO3S.